The smallest absolute Gasteiger partial charge is 0.339 e. The molecule has 102 valence electrons. The fourth-order valence-electron chi connectivity index (χ4n) is 1.61. The number of H-pyrrole nitrogens is 1. The summed E-state index contributed by atoms with van der Waals surface area (Å²) in [7, 11) is -2.27. The topological polar surface area (TPSA) is 117 Å². The van der Waals surface area contributed by atoms with Crippen LogP contribution in [-0.2, 0) is 17.1 Å². The van der Waals surface area contributed by atoms with E-state index in [2.05, 4.69) is 14.7 Å². The molecule has 2 aromatic rings. The van der Waals surface area contributed by atoms with E-state index in [0.29, 0.717) is 5.69 Å². The van der Waals surface area contributed by atoms with Crippen molar-refractivity contribution < 1.29 is 18.3 Å². The van der Waals surface area contributed by atoms with Crippen LogP contribution in [0.4, 0.5) is 5.69 Å². The van der Waals surface area contributed by atoms with Gasteiger partial charge in [-0.1, -0.05) is 0 Å². The molecule has 0 saturated carbocycles. The summed E-state index contributed by atoms with van der Waals surface area (Å²) >= 11 is 0. The molecule has 0 radical (unpaired) electrons. The van der Waals surface area contributed by atoms with Gasteiger partial charge in [0.2, 0.25) is 0 Å². The molecular formula is C10H12N4O4S. The van der Waals surface area contributed by atoms with Crippen LogP contribution in [0.15, 0.2) is 23.7 Å². The average molecular weight is 284 g/mol. The fourth-order valence-corrected chi connectivity index (χ4v) is 2.65. The summed E-state index contributed by atoms with van der Waals surface area (Å²) in [4.78, 5) is 17.4. The van der Waals surface area contributed by atoms with Crippen LogP contribution in [0.25, 0.3) is 0 Å². The van der Waals surface area contributed by atoms with Crippen molar-refractivity contribution in [3.63, 3.8) is 0 Å². The van der Waals surface area contributed by atoms with Crippen molar-refractivity contribution in [2.75, 3.05) is 4.72 Å². The number of rotatable bonds is 4. The van der Waals surface area contributed by atoms with E-state index in [0.717, 1.165) is 0 Å². The number of imidazole rings is 1. The van der Waals surface area contributed by atoms with Gasteiger partial charge in [0.25, 0.3) is 10.0 Å². The van der Waals surface area contributed by atoms with Crippen molar-refractivity contribution in [1.82, 2.24) is 14.5 Å². The van der Waals surface area contributed by atoms with E-state index in [1.54, 1.807) is 14.0 Å². The third kappa shape index (κ3) is 2.45. The number of sulfonamides is 1. The molecule has 19 heavy (non-hydrogen) atoms. The predicted octanol–water partition coefficient (Wildman–Crippen LogP) is 0.556. The van der Waals surface area contributed by atoms with Gasteiger partial charge in [0, 0.05) is 25.1 Å². The Labute approximate surface area is 109 Å². The van der Waals surface area contributed by atoms with E-state index < -0.39 is 16.0 Å². The highest BCUT2D eigenvalue weighted by molar-refractivity contribution is 7.92. The highest BCUT2D eigenvalue weighted by atomic mass is 32.2. The second-order valence-corrected chi connectivity index (χ2v) is 5.62. The first kappa shape index (κ1) is 13.1. The predicted molar refractivity (Wildman–Crippen MR) is 66.5 cm³/mol. The summed E-state index contributed by atoms with van der Waals surface area (Å²) in [6.07, 6.45) is 3.95. The Morgan fingerprint density at radius 1 is 1.53 bits per heavy atom. The molecular weight excluding hydrogens is 272 g/mol. The van der Waals surface area contributed by atoms with Crippen molar-refractivity contribution in [2.45, 2.75) is 11.9 Å². The maximum absolute atomic E-state index is 12.0. The molecule has 0 atom stereocenters. The molecule has 2 rings (SSSR count). The van der Waals surface area contributed by atoms with E-state index in [1.807, 2.05) is 0 Å². The van der Waals surface area contributed by atoms with Crippen LogP contribution in [0.2, 0.25) is 0 Å². The molecule has 0 unspecified atom stereocenters. The maximum Gasteiger partial charge on any atom is 0.339 e. The van der Waals surface area contributed by atoms with Gasteiger partial charge in [0.15, 0.2) is 5.03 Å². The van der Waals surface area contributed by atoms with E-state index in [1.165, 1.54) is 23.3 Å². The number of carboxylic acid groups (broad SMARTS) is 1. The normalized spacial score (nSPS) is 11.5. The molecule has 0 aromatic carbocycles. The first-order valence-corrected chi connectivity index (χ1v) is 6.71. The summed E-state index contributed by atoms with van der Waals surface area (Å²) in [5.74, 6) is -1.21. The van der Waals surface area contributed by atoms with Crippen molar-refractivity contribution in [3.8, 4) is 0 Å². The number of anilines is 1. The minimum Gasteiger partial charge on any atom is -0.478 e. The summed E-state index contributed by atoms with van der Waals surface area (Å²) in [6.45, 7) is 1.54. The Hall–Kier alpha value is -2.29. The fraction of sp³-hybridized carbons (Fsp3) is 0.200. The number of aromatic amines is 1. The van der Waals surface area contributed by atoms with Crippen molar-refractivity contribution in [2.24, 2.45) is 7.05 Å². The number of aryl methyl sites for hydroxylation is 2. The van der Waals surface area contributed by atoms with Gasteiger partial charge >= 0.3 is 5.97 Å². The molecule has 0 amide bonds. The van der Waals surface area contributed by atoms with Crippen LogP contribution in [0, 0.1) is 6.92 Å². The van der Waals surface area contributed by atoms with Crippen molar-refractivity contribution >= 4 is 21.7 Å². The molecule has 0 spiro atoms. The number of carbonyl (C=O) groups is 1. The third-order valence-electron chi connectivity index (χ3n) is 2.49. The van der Waals surface area contributed by atoms with Crippen LogP contribution in [0.1, 0.15) is 16.1 Å². The Morgan fingerprint density at radius 3 is 2.74 bits per heavy atom. The lowest BCUT2D eigenvalue weighted by molar-refractivity contribution is 0.0697. The number of hydrogen-bond acceptors (Lipinski definition) is 4. The van der Waals surface area contributed by atoms with Gasteiger partial charge in [-0.3, -0.25) is 4.72 Å². The zero-order valence-corrected chi connectivity index (χ0v) is 11.0. The van der Waals surface area contributed by atoms with Crippen LogP contribution in [0.3, 0.4) is 0 Å². The Kier molecular flexibility index (Phi) is 3.06. The molecule has 0 aliphatic heterocycles. The monoisotopic (exact) mass is 284 g/mol. The largest absolute Gasteiger partial charge is 0.478 e. The van der Waals surface area contributed by atoms with Gasteiger partial charge in [-0.05, 0) is 6.92 Å². The minimum atomic E-state index is -3.90. The van der Waals surface area contributed by atoms with E-state index >= 15 is 0 Å². The van der Waals surface area contributed by atoms with Crippen LogP contribution in [-0.4, -0.2) is 34.0 Å². The van der Waals surface area contributed by atoms with Gasteiger partial charge in [0.1, 0.15) is 5.56 Å². The number of nitrogens with one attached hydrogen (secondary N) is 2. The molecule has 2 aromatic heterocycles. The summed E-state index contributed by atoms with van der Waals surface area (Å²) in [5.41, 5.74) is 0.237. The standard InChI is InChI=1S/C10H12N4O4S/c1-6-9(10(15)16)7(3-11-6)13-19(17,18)8-4-14(2)5-12-8/h3-5,11,13H,1-2H3,(H,15,16). The van der Waals surface area contributed by atoms with Crippen molar-refractivity contribution in [3.05, 3.63) is 30.0 Å². The van der Waals surface area contributed by atoms with Crippen LogP contribution < -0.4 is 4.72 Å². The number of aromatic carboxylic acids is 1. The van der Waals surface area contributed by atoms with E-state index in [4.69, 9.17) is 5.11 Å². The van der Waals surface area contributed by atoms with Gasteiger partial charge in [-0.2, -0.15) is 8.42 Å². The number of carboxylic acids is 1. The van der Waals surface area contributed by atoms with Gasteiger partial charge < -0.3 is 14.7 Å². The Balaban J connectivity index is 2.39. The van der Waals surface area contributed by atoms with E-state index in [9.17, 15) is 13.2 Å². The molecule has 0 bridgehead atoms. The summed E-state index contributed by atoms with van der Waals surface area (Å²) in [6, 6.07) is 0. The SMILES string of the molecule is Cc1[nH]cc(NS(=O)(=O)c2cn(C)cn2)c1C(=O)O. The molecule has 0 aliphatic rings. The number of nitrogens with zero attached hydrogens (tertiary/aromatic N) is 2. The Morgan fingerprint density at radius 2 is 2.21 bits per heavy atom. The first-order valence-electron chi connectivity index (χ1n) is 5.23. The summed E-state index contributed by atoms with van der Waals surface area (Å²) in [5, 5.41) is 8.86. The van der Waals surface area contributed by atoms with E-state index in [-0.39, 0.29) is 16.3 Å². The van der Waals surface area contributed by atoms with Crippen LogP contribution in [0.5, 0.6) is 0 Å². The molecule has 8 nitrogen and oxygen atoms in total. The second-order valence-electron chi connectivity index (χ2n) is 3.99. The third-order valence-corrected chi connectivity index (χ3v) is 3.74. The van der Waals surface area contributed by atoms with Crippen molar-refractivity contribution in [1.29, 1.82) is 0 Å². The zero-order valence-electron chi connectivity index (χ0n) is 10.2. The molecule has 0 aliphatic carbocycles. The second kappa shape index (κ2) is 4.43. The van der Waals surface area contributed by atoms with Gasteiger partial charge in [-0.15, -0.1) is 0 Å². The molecule has 0 saturated heterocycles. The number of aromatic nitrogens is 3. The maximum atomic E-state index is 12.0. The molecule has 3 N–H and O–H groups in total. The molecule has 2 heterocycles. The highest BCUT2D eigenvalue weighted by Gasteiger charge is 2.22. The van der Waals surface area contributed by atoms with Crippen LogP contribution >= 0.6 is 0 Å². The lowest BCUT2D eigenvalue weighted by atomic mass is 10.2. The summed E-state index contributed by atoms with van der Waals surface area (Å²) < 4.78 is 27.7. The highest BCUT2D eigenvalue weighted by Crippen LogP contribution is 2.22. The Bertz CT molecular complexity index is 729. The van der Waals surface area contributed by atoms with Gasteiger partial charge in [0.05, 0.1) is 12.0 Å². The minimum absolute atomic E-state index is 0.0179. The van der Waals surface area contributed by atoms with Gasteiger partial charge in [-0.25, -0.2) is 9.78 Å². The average Bonchev–Trinajstić information content (AvgIpc) is 2.85. The lowest BCUT2D eigenvalue weighted by Gasteiger charge is -2.05. The lowest BCUT2D eigenvalue weighted by Crippen LogP contribution is -2.15. The first-order chi connectivity index (χ1) is 8.81. The molecule has 9 heteroatoms. The zero-order chi connectivity index (χ0) is 14.2. The number of hydrogen-bond donors (Lipinski definition) is 3. The molecule has 0 fully saturated rings. The quantitative estimate of drug-likeness (QED) is 0.758.